The summed E-state index contributed by atoms with van der Waals surface area (Å²) in [6, 6.07) is 8.28. The second-order valence-corrected chi connectivity index (χ2v) is 5.37. The molecule has 5 nitrogen and oxygen atoms in total. The van der Waals surface area contributed by atoms with Gasteiger partial charge in [0.05, 0.1) is 17.1 Å². The highest BCUT2D eigenvalue weighted by Crippen LogP contribution is 2.35. The quantitative estimate of drug-likeness (QED) is 0.902. The van der Waals surface area contributed by atoms with Crippen LogP contribution in [0.1, 0.15) is 18.0 Å². The van der Waals surface area contributed by atoms with Crippen LogP contribution >= 0.6 is 15.9 Å². The van der Waals surface area contributed by atoms with E-state index in [0.29, 0.717) is 12.6 Å². The topological polar surface area (TPSA) is 59.1 Å². The average molecular weight is 335 g/mol. The monoisotopic (exact) mass is 334 g/mol. The van der Waals surface area contributed by atoms with Gasteiger partial charge in [-0.05, 0) is 22.0 Å². The van der Waals surface area contributed by atoms with E-state index in [1.165, 1.54) is 0 Å². The number of aromatic nitrogens is 2. The molecule has 1 aromatic carbocycles. The molecule has 2 heterocycles. The second-order valence-electron chi connectivity index (χ2n) is 4.51. The first-order valence-corrected chi connectivity index (χ1v) is 7.26. The molecule has 0 radical (unpaired) electrons. The molecule has 1 aliphatic heterocycles. The van der Waals surface area contributed by atoms with Crippen molar-refractivity contribution in [1.82, 2.24) is 9.97 Å². The van der Waals surface area contributed by atoms with Gasteiger partial charge < -0.3 is 15.4 Å². The maximum Gasteiger partial charge on any atom is 0.224 e. The number of nitrogens with one attached hydrogen (secondary N) is 2. The normalized spacial score (nSPS) is 17.0. The van der Waals surface area contributed by atoms with Gasteiger partial charge in [-0.2, -0.15) is 4.98 Å². The van der Waals surface area contributed by atoms with Gasteiger partial charge in [0, 0.05) is 25.2 Å². The van der Waals surface area contributed by atoms with Gasteiger partial charge >= 0.3 is 0 Å². The minimum atomic E-state index is 0.191. The predicted octanol–water partition coefficient (Wildman–Crippen LogP) is 3.22. The van der Waals surface area contributed by atoms with Crippen molar-refractivity contribution in [2.45, 2.75) is 12.5 Å². The summed E-state index contributed by atoms with van der Waals surface area (Å²) in [7, 11) is 1.80. The van der Waals surface area contributed by atoms with Crippen molar-refractivity contribution in [1.29, 1.82) is 0 Å². The number of fused-ring (bicyclic) bond motifs is 1. The number of ether oxygens (including phenoxy) is 1. The number of benzene rings is 1. The van der Waals surface area contributed by atoms with Gasteiger partial charge in [0.1, 0.15) is 11.6 Å². The van der Waals surface area contributed by atoms with Gasteiger partial charge in [0.25, 0.3) is 0 Å². The van der Waals surface area contributed by atoms with Crippen molar-refractivity contribution in [3.05, 3.63) is 40.5 Å². The van der Waals surface area contributed by atoms with Crippen molar-refractivity contribution in [2.75, 3.05) is 24.3 Å². The molecule has 3 rings (SSSR count). The van der Waals surface area contributed by atoms with E-state index < -0.39 is 0 Å². The van der Waals surface area contributed by atoms with Crippen LogP contribution in [0.2, 0.25) is 0 Å². The summed E-state index contributed by atoms with van der Waals surface area (Å²) >= 11 is 3.48. The Morgan fingerprint density at radius 2 is 2.20 bits per heavy atom. The fourth-order valence-electron chi connectivity index (χ4n) is 2.25. The molecule has 0 fully saturated rings. The van der Waals surface area contributed by atoms with Crippen molar-refractivity contribution in [2.24, 2.45) is 0 Å². The third-order valence-electron chi connectivity index (χ3n) is 3.24. The van der Waals surface area contributed by atoms with Crippen LogP contribution < -0.4 is 15.4 Å². The molecule has 1 aromatic heterocycles. The Morgan fingerprint density at radius 3 is 3.05 bits per heavy atom. The highest BCUT2D eigenvalue weighted by Gasteiger charge is 2.22. The molecule has 2 N–H and O–H groups in total. The first-order valence-electron chi connectivity index (χ1n) is 6.46. The summed E-state index contributed by atoms with van der Waals surface area (Å²) in [5.41, 5.74) is 1.16. The minimum absolute atomic E-state index is 0.191. The maximum absolute atomic E-state index is 5.67. The lowest BCUT2D eigenvalue weighted by Crippen LogP contribution is -2.21. The van der Waals surface area contributed by atoms with E-state index in [-0.39, 0.29) is 6.04 Å². The average Bonchev–Trinajstić information content (AvgIpc) is 2.50. The van der Waals surface area contributed by atoms with Gasteiger partial charge in [-0.3, -0.25) is 0 Å². The molecule has 1 unspecified atom stereocenters. The second kappa shape index (κ2) is 5.66. The molecule has 0 saturated carbocycles. The first-order chi connectivity index (χ1) is 9.78. The Bertz CT molecular complexity index is 620. The summed E-state index contributed by atoms with van der Waals surface area (Å²) in [6.45, 7) is 0.705. The van der Waals surface area contributed by atoms with Crippen LogP contribution in [-0.2, 0) is 0 Å². The van der Waals surface area contributed by atoms with Crippen LogP contribution in [0.3, 0.4) is 0 Å². The van der Waals surface area contributed by atoms with Gasteiger partial charge in [0.15, 0.2) is 0 Å². The zero-order valence-corrected chi connectivity index (χ0v) is 12.6. The molecule has 1 aliphatic rings. The zero-order valence-electron chi connectivity index (χ0n) is 11.1. The lowest BCUT2D eigenvalue weighted by atomic mass is 10.0. The smallest absolute Gasteiger partial charge is 0.224 e. The Kier molecular flexibility index (Phi) is 3.73. The first kappa shape index (κ1) is 13.2. The summed E-state index contributed by atoms with van der Waals surface area (Å²) in [5, 5.41) is 6.41. The molecule has 104 valence electrons. The number of halogens is 1. The van der Waals surface area contributed by atoms with Crippen LogP contribution in [0.5, 0.6) is 5.75 Å². The van der Waals surface area contributed by atoms with E-state index in [4.69, 9.17) is 4.74 Å². The molecule has 0 spiro atoms. The number of hydrogen-bond acceptors (Lipinski definition) is 5. The molecular weight excluding hydrogens is 320 g/mol. The Morgan fingerprint density at radius 1 is 1.35 bits per heavy atom. The third kappa shape index (κ3) is 2.56. The minimum Gasteiger partial charge on any atom is -0.493 e. The molecule has 6 heteroatoms. The lowest BCUT2D eigenvalue weighted by molar-refractivity contribution is 0.274. The fourth-order valence-corrected chi connectivity index (χ4v) is 2.55. The summed E-state index contributed by atoms with van der Waals surface area (Å²) in [5.74, 6) is 2.32. The SMILES string of the molecule is CNc1ncc(Br)c(NC2CCOc3ccccc32)n1. The van der Waals surface area contributed by atoms with Crippen molar-refractivity contribution < 1.29 is 4.74 Å². The van der Waals surface area contributed by atoms with Crippen molar-refractivity contribution >= 4 is 27.7 Å². The van der Waals surface area contributed by atoms with Gasteiger partial charge in [-0.1, -0.05) is 18.2 Å². The lowest BCUT2D eigenvalue weighted by Gasteiger charge is -2.27. The number of nitrogens with zero attached hydrogens (tertiary/aromatic N) is 2. The van der Waals surface area contributed by atoms with Gasteiger partial charge in [-0.25, -0.2) is 4.98 Å². The zero-order chi connectivity index (χ0) is 13.9. The molecular formula is C14H15BrN4O. The molecule has 2 aromatic rings. The molecule has 0 bridgehead atoms. The van der Waals surface area contributed by atoms with Crippen LogP contribution in [0.15, 0.2) is 34.9 Å². The highest BCUT2D eigenvalue weighted by atomic mass is 79.9. The number of hydrogen-bond donors (Lipinski definition) is 2. The molecule has 0 saturated heterocycles. The largest absolute Gasteiger partial charge is 0.493 e. The summed E-state index contributed by atoms with van der Waals surface area (Å²) < 4.78 is 6.52. The maximum atomic E-state index is 5.67. The Hall–Kier alpha value is -1.82. The molecule has 1 atom stereocenters. The predicted molar refractivity (Wildman–Crippen MR) is 82.2 cm³/mol. The Labute approximate surface area is 125 Å². The standard InChI is InChI=1S/C14H15BrN4O/c1-16-14-17-8-10(15)13(19-14)18-11-6-7-20-12-5-3-2-4-9(11)12/h2-5,8,11H,6-7H2,1H3,(H2,16,17,18,19). The van der Waals surface area contributed by atoms with E-state index in [1.54, 1.807) is 13.2 Å². The fraction of sp³-hybridized carbons (Fsp3) is 0.286. The number of anilines is 2. The van der Waals surface area contributed by atoms with E-state index in [0.717, 1.165) is 28.0 Å². The van der Waals surface area contributed by atoms with E-state index in [9.17, 15) is 0 Å². The van der Waals surface area contributed by atoms with Crippen LogP contribution in [0.4, 0.5) is 11.8 Å². The molecule has 0 aliphatic carbocycles. The third-order valence-corrected chi connectivity index (χ3v) is 3.82. The van der Waals surface area contributed by atoms with Crippen LogP contribution in [-0.4, -0.2) is 23.6 Å². The highest BCUT2D eigenvalue weighted by molar-refractivity contribution is 9.10. The van der Waals surface area contributed by atoms with E-state index in [1.807, 2.05) is 18.2 Å². The summed E-state index contributed by atoms with van der Waals surface area (Å²) in [6.07, 6.45) is 2.65. The van der Waals surface area contributed by atoms with E-state index >= 15 is 0 Å². The molecule has 20 heavy (non-hydrogen) atoms. The van der Waals surface area contributed by atoms with Gasteiger partial charge in [-0.15, -0.1) is 0 Å². The van der Waals surface area contributed by atoms with Gasteiger partial charge in [0.2, 0.25) is 5.95 Å². The van der Waals surface area contributed by atoms with Crippen LogP contribution in [0, 0.1) is 0 Å². The van der Waals surface area contributed by atoms with E-state index in [2.05, 4.69) is 42.6 Å². The van der Waals surface area contributed by atoms with Crippen molar-refractivity contribution in [3.63, 3.8) is 0 Å². The van der Waals surface area contributed by atoms with Crippen molar-refractivity contribution in [3.8, 4) is 5.75 Å². The summed E-state index contributed by atoms with van der Waals surface area (Å²) in [4.78, 5) is 8.60. The molecule has 0 amide bonds. The van der Waals surface area contributed by atoms with Crippen LogP contribution in [0.25, 0.3) is 0 Å². The Balaban J connectivity index is 1.89. The number of rotatable bonds is 3. The number of para-hydroxylation sites is 1.